The van der Waals surface area contributed by atoms with E-state index >= 15 is 0 Å². The summed E-state index contributed by atoms with van der Waals surface area (Å²) >= 11 is 0. The van der Waals surface area contributed by atoms with Crippen LogP contribution in [0.4, 0.5) is 11.5 Å². The molecule has 0 spiro atoms. The largest absolute Gasteiger partial charge is 0.392 e. The molecule has 0 atom stereocenters. The van der Waals surface area contributed by atoms with Gasteiger partial charge in [-0.05, 0) is 24.6 Å². The molecule has 21 heavy (non-hydrogen) atoms. The molecule has 7 heteroatoms. The molecule has 3 rings (SSSR count). The topological polar surface area (TPSA) is 104 Å². The number of anilines is 2. The lowest BCUT2D eigenvalue weighted by molar-refractivity contribution is 0.282. The molecule has 0 unspecified atom stereocenters. The average molecular weight is 283 g/mol. The molecular weight excluding hydrogens is 270 g/mol. The van der Waals surface area contributed by atoms with Gasteiger partial charge in [0.15, 0.2) is 0 Å². The molecule has 2 heterocycles. The summed E-state index contributed by atoms with van der Waals surface area (Å²) in [4.78, 5) is 20.4. The van der Waals surface area contributed by atoms with Gasteiger partial charge in [0.05, 0.1) is 12.8 Å². The molecule has 0 amide bonds. The highest BCUT2D eigenvalue weighted by atomic mass is 16.3. The van der Waals surface area contributed by atoms with Crippen LogP contribution < -0.4 is 10.9 Å². The number of aliphatic hydroxyl groups excluding tert-OH is 1. The highest BCUT2D eigenvalue weighted by Gasteiger charge is 2.10. The van der Waals surface area contributed by atoms with Gasteiger partial charge in [-0.3, -0.25) is 4.79 Å². The monoisotopic (exact) mass is 283 g/mol. The lowest BCUT2D eigenvalue weighted by Gasteiger charge is -2.09. The quantitative estimate of drug-likeness (QED) is 0.668. The van der Waals surface area contributed by atoms with Crippen LogP contribution in [-0.4, -0.2) is 25.3 Å². The van der Waals surface area contributed by atoms with E-state index in [0.717, 1.165) is 11.3 Å². The molecule has 0 radical (unpaired) electrons. The lowest BCUT2D eigenvalue weighted by Crippen LogP contribution is -2.12. The second-order valence-electron chi connectivity index (χ2n) is 4.56. The van der Waals surface area contributed by atoms with Crippen molar-refractivity contribution < 1.29 is 5.11 Å². The van der Waals surface area contributed by atoms with Crippen LogP contribution in [0.5, 0.6) is 0 Å². The number of aryl methyl sites for hydroxylation is 1. The average Bonchev–Trinajstić information content (AvgIpc) is 2.47. The summed E-state index contributed by atoms with van der Waals surface area (Å²) in [6, 6.07) is 7.21. The van der Waals surface area contributed by atoms with E-state index in [1.165, 1.54) is 6.20 Å². The van der Waals surface area contributed by atoms with Gasteiger partial charge in [-0.2, -0.15) is 5.10 Å². The van der Waals surface area contributed by atoms with Gasteiger partial charge < -0.3 is 10.4 Å². The first-order valence-corrected chi connectivity index (χ1v) is 6.36. The van der Waals surface area contributed by atoms with Crippen LogP contribution in [0.3, 0.4) is 0 Å². The number of benzene rings is 1. The zero-order valence-corrected chi connectivity index (χ0v) is 11.3. The van der Waals surface area contributed by atoms with E-state index in [2.05, 4.69) is 25.5 Å². The Morgan fingerprint density at radius 1 is 1.24 bits per heavy atom. The summed E-state index contributed by atoms with van der Waals surface area (Å²) in [5, 5.41) is 18.6. The molecule has 0 fully saturated rings. The lowest BCUT2D eigenvalue weighted by atomic mass is 10.2. The Labute approximate surface area is 119 Å². The van der Waals surface area contributed by atoms with Crippen LogP contribution in [0, 0.1) is 6.92 Å². The molecule has 0 saturated heterocycles. The summed E-state index contributed by atoms with van der Waals surface area (Å²) in [6.07, 6.45) is 1.49. The second kappa shape index (κ2) is 5.29. The van der Waals surface area contributed by atoms with E-state index in [9.17, 15) is 4.79 Å². The minimum atomic E-state index is -0.345. The van der Waals surface area contributed by atoms with Crippen molar-refractivity contribution in [2.24, 2.45) is 0 Å². The predicted octanol–water partition coefficient (Wildman–Crippen LogP) is 1.26. The van der Waals surface area contributed by atoms with E-state index in [4.69, 9.17) is 5.11 Å². The number of hydrogen-bond acceptors (Lipinski definition) is 6. The van der Waals surface area contributed by atoms with Crippen LogP contribution in [0.25, 0.3) is 10.9 Å². The Kier molecular flexibility index (Phi) is 3.33. The van der Waals surface area contributed by atoms with Crippen LogP contribution in [-0.2, 0) is 6.61 Å². The number of fused-ring (bicyclic) bond motifs is 1. The number of aromatic amines is 1. The molecule has 106 valence electrons. The second-order valence-corrected chi connectivity index (χ2v) is 4.56. The first-order valence-electron chi connectivity index (χ1n) is 6.36. The third-order valence-corrected chi connectivity index (χ3v) is 3.03. The number of aliphatic hydroxyl groups is 1. The molecule has 0 aliphatic rings. The molecule has 7 nitrogen and oxygen atoms in total. The van der Waals surface area contributed by atoms with Gasteiger partial charge in [-0.25, -0.2) is 15.1 Å². The molecule has 0 aliphatic carbocycles. The van der Waals surface area contributed by atoms with Gasteiger partial charge in [0, 0.05) is 5.69 Å². The minimum absolute atomic E-state index is 0.0127. The van der Waals surface area contributed by atoms with Crippen molar-refractivity contribution in [1.29, 1.82) is 0 Å². The number of nitrogens with zero attached hydrogens (tertiary/aromatic N) is 3. The van der Waals surface area contributed by atoms with Gasteiger partial charge in [-0.1, -0.05) is 12.1 Å². The Balaban J connectivity index is 2.09. The Hall–Kier alpha value is -2.80. The maximum atomic E-state index is 11.9. The van der Waals surface area contributed by atoms with Gasteiger partial charge >= 0.3 is 0 Å². The van der Waals surface area contributed by atoms with E-state index in [1.807, 2.05) is 12.1 Å². The Morgan fingerprint density at radius 2 is 2.00 bits per heavy atom. The van der Waals surface area contributed by atoms with Crippen molar-refractivity contribution in [3.8, 4) is 0 Å². The number of H-pyrrole nitrogens is 1. The summed E-state index contributed by atoms with van der Waals surface area (Å²) in [5.74, 6) is 0.974. The minimum Gasteiger partial charge on any atom is -0.392 e. The number of aromatic nitrogens is 4. The number of rotatable bonds is 3. The van der Waals surface area contributed by atoms with E-state index in [-0.39, 0.29) is 12.2 Å². The maximum absolute atomic E-state index is 11.9. The van der Waals surface area contributed by atoms with Gasteiger partial charge in [0.25, 0.3) is 5.56 Å². The van der Waals surface area contributed by atoms with Crippen LogP contribution >= 0.6 is 0 Å². The van der Waals surface area contributed by atoms with E-state index < -0.39 is 0 Å². The Bertz CT molecular complexity index is 842. The van der Waals surface area contributed by atoms with E-state index in [1.54, 1.807) is 19.1 Å². The van der Waals surface area contributed by atoms with Crippen LogP contribution in [0.2, 0.25) is 0 Å². The third kappa shape index (κ3) is 2.59. The third-order valence-electron chi connectivity index (χ3n) is 3.03. The van der Waals surface area contributed by atoms with Crippen molar-refractivity contribution in [2.75, 3.05) is 5.32 Å². The predicted molar refractivity (Wildman–Crippen MR) is 78.3 cm³/mol. The van der Waals surface area contributed by atoms with Crippen molar-refractivity contribution in [3.05, 3.63) is 52.2 Å². The Morgan fingerprint density at radius 3 is 2.71 bits per heavy atom. The standard InChI is InChI=1S/C14H13N5O2/c1-8-16-11-6-15-19-14(21)12(11)13(17-8)18-10-4-2-9(7-20)3-5-10/h2-6,20H,7H2,1H3,(H,19,21)(H,16,17,18). The molecule has 3 aromatic rings. The molecule has 3 N–H and O–H groups in total. The molecule has 0 aliphatic heterocycles. The molecule has 2 aromatic heterocycles. The number of nitrogens with one attached hydrogen (secondary N) is 2. The summed E-state index contributed by atoms with van der Waals surface area (Å²) in [7, 11) is 0. The fraction of sp³-hybridized carbons (Fsp3) is 0.143. The summed E-state index contributed by atoms with van der Waals surface area (Å²) < 4.78 is 0. The molecule has 1 aromatic carbocycles. The van der Waals surface area contributed by atoms with Gasteiger partial charge in [0.2, 0.25) is 0 Å². The SMILES string of the molecule is Cc1nc(Nc2ccc(CO)cc2)c2c(=O)[nH]ncc2n1. The van der Waals surface area contributed by atoms with Crippen LogP contribution in [0.15, 0.2) is 35.3 Å². The summed E-state index contributed by atoms with van der Waals surface area (Å²) in [6.45, 7) is 1.74. The zero-order chi connectivity index (χ0) is 14.8. The molecular formula is C14H13N5O2. The first kappa shape index (κ1) is 13.2. The normalized spacial score (nSPS) is 10.8. The summed E-state index contributed by atoms with van der Waals surface area (Å²) in [5.41, 5.74) is 1.72. The number of hydrogen-bond donors (Lipinski definition) is 3. The van der Waals surface area contributed by atoms with Crippen LogP contribution in [0.1, 0.15) is 11.4 Å². The van der Waals surface area contributed by atoms with Crippen molar-refractivity contribution in [2.45, 2.75) is 13.5 Å². The van der Waals surface area contributed by atoms with E-state index in [0.29, 0.717) is 22.5 Å². The van der Waals surface area contributed by atoms with Gasteiger partial charge in [0.1, 0.15) is 22.5 Å². The van der Waals surface area contributed by atoms with Crippen molar-refractivity contribution >= 4 is 22.4 Å². The fourth-order valence-corrected chi connectivity index (χ4v) is 2.04. The van der Waals surface area contributed by atoms with Crippen molar-refractivity contribution in [3.63, 3.8) is 0 Å². The zero-order valence-electron chi connectivity index (χ0n) is 11.3. The smallest absolute Gasteiger partial charge is 0.277 e. The highest BCUT2D eigenvalue weighted by molar-refractivity contribution is 5.89. The maximum Gasteiger partial charge on any atom is 0.277 e. The fourth-order valence-electron chi connectivity index (χ4n) is 2.04. The molecule has 0 saturated carbocycles. The van der Waals surface area contributed by atoms with Crippen molar-refractivity contribution in [1.82, 2.24) is 20.2 Å². The molecule has 0 bridgehead atoms. The van der Waals surface area contributed by atoms with Gasteiger partial charge in [-0.15, -0.1) is 0 Å². The first-order chi connectivity index (χ1) is 10.2. The highest BCUT2D eigenvalue weighted by Crippen LogP contribution is 2.20.